The van der Waals surface area contributed by atoms with Crippen molar-refractivity contribution in [3.8, 4) is 0 Å². The Labute approximate surface area is 157 Å². The van der Waals surface area contributed by atoms with Crippen molar-refractivity contribution in [2.75, 3.05) is 0 Å². The number of nitrogens with one attached hydrogen (secondary N) is 2. The van der Waals surface area contributed by atoms with E-state index in [0.29, 0.717) is 0 Å². The van der Waals surface area contributed by atoms with E-state index in [-0.39, 0.29) is 12.1 Å². The van der Waals surface area contributed by atoms with Crippen LogP contribution in [0.25, 0.3) is 5.57 Å². The van der Waals surface area contributed by atoms with Crippen LogP contribution in [0.4, 0.5) is 18.0 Å². The summed E-state index contributed by atoms with van der Waals surface area (Å²) in [6.07, 6.45) is -4.46. The first-order chi connectivity index (χ1) is 12.5. The summed E-state index contributed by atoms with van der Waals surface area (Å²) < 4.78 is 39.1. The molecule has 27 heavy (non-hydrogen) atoms. The Hall–Kier alpha value is -2.76. The maximum Gasteiger partial charge on any atom is 0.416 e. The first kappa shape index (κ1) is 20.6. The van der Waals surface area contributed by atoms with E-state index in [1.165, 1.54) is 18.2 Å². The van der Waals surface area contributed by atoms with E-state index in [1.807, 2.05) is 45.0 Å². The van der Waals surface area contributed by atoms with Gasteiger partial charge in [0.2, 0.25) is 0 Å². The molecule has 0 bridgehead atoms. The van der Waals surface area contributed by atoms with Gasteiger partial charge in [-0.1, -0.05) is 48.6 Å². The molecule has 2 aromatic carbocycles. The number of urea groups is 1. The minimum absolute atomic E-state index is 0.0160. The van der Waals surface area contributed by atoms with Crippen LogP contribution < -0.4 is 10.6 Å². The molecule has 0 heterocycles. The molecule has 0 aliphatic heterocycles. The van der Waals surface area contributed by atoms with Crippen LogP contribution in [0.2, 0.25) is 0 Å². The third kappa shape index (κ3) is 5.36. The predicted molar refractivity (Wildman–Crippen MR) is 101 cm³/mol. The minimum atomic E-state index is -4.46. The zero-order valence-electron chi connectivity index (χ0n) is 15.6. The number of hydrogen-bond donors (Lipinski definition) is 2. The normalized spacial score (nSPS) is 11.8. The lowest BCUT2D eigenvalue weighted by Crippen LogP contribution is -2.46. The van der Waals surface area contributed by atoms with Crippen molar-refractivity contribution in [1.29, 1.82) is 0 Å². The summed E-state index contributed by atoms with van der Waals surface area (Å²) in [7, 11) is 0. The molecule has 0 aromatic heterocycles. The van der Waals surface area contributed by atoms with Crippen molar-refractivity contribution < 1.29 is 18.0 Å². The Morgan fingerprint density at radius 3 is 2.37 bits per heavy atom. The van der Waals surface area contributed by atoms with Crippen molar-refractivity contribution >= 4 is 11.6 Å². The van der Waals surface area contributed by atoms with Gasteiger partial charge in [0.25, 0.3) is 0 Å². The average molecular weight is 376 g/mol. The molecule has 2 aromatic rings. The lowest BCUT2D eigenvalue weighted by Gasteiger charge is -2.27. The maximum absolute atomic E-state index is 13.0. The van der Waals surface area contributed by atoms with E-state index in [1.54, 1.807) is 0 Å². The third-order valence-corrected chi connectivity index (χ3v) is 4.27. The first-order valence-corrected chi connectivity index (χ1v) is 8.48. The highest BCUT2D eigenvalue weighted by atomic mass is 19.4. The molecule has 0 spiro atoms. The second kappa shape index (κ2) is 7.86. The molecule has 3 nitrogen and oxygen atoms in total. The number of allylic oxidation sites excluding steroid dienone is 1. The summed E-state index contributed by atoms with van der Waals surface area (Å²) in [4.78, 5) is 12.3. The average Bonchev–Trinajstić information content (AvgIpc) is 2.59. The number of hydrogen-bond acceptors (Lipinski definition) is 1. The van der Waals surface area contributed by atoms with E-state index in [2.05, 4.69) is 17.2 Å². The zero-order valence-corrected chi connectivity index (χ0v) is 15.6. The SMILES string of the molecule is C=C(C)c1cccc(C(C)(C)NC(=O)NCc2ccccc2C(F)(F)F)c1. The van der Waals surface area contributed by atoms with Crippen LogP contribution >= 0.6 is 0 Å². The van der Waals surface area contributed by atoms with Gasteiger partial charge in [0, 0.05) is 6.54 Å². The van der Waals surface area contributed by atoms with Gasteiger partial charge in [-0.25, -0.2) is 4.79 Å². The molecule has 2 amide bonds. The number of carbonyl (C=O) groups is 1. The second-order valence-corrected chi connectivity index (χ2v) is 6.95. The molecule has 0 aliphatic carbocycles. The Kier molecular flexibility index (Phi) is 5.98. The standard InChI is InChI=1S/C21H23F3N2O/c1-14(2)15-9-7-10-17(12-15)20(3,4)26-19(27)25-13-16-8-5-6-11-18(16)21(22,23)24/h5-12H,1,13H2,2-4H3,(H2,25,26,27). The number of rotatable bonds is 5. The Balaban J connectivity index is 2.08. The summed E-state index contributed by atoms with van der Waals surface area (Å²) in [5.41, 5.74) is 1.29. The van der Waals surface area contributed by atoms with Gasteiger partial charge in [-0.3, -0.25) is 0 Å². The molecule has 0 saturated heterocycles. The lowest BCUT2D eigenvalue weighted by atomic mass is 9.92. The molecule has 0 radical (unpaired) electrons. The monoisotopic (exact) mass is 376 g/mol. The fourth-order valence-electron chi connectivity index (χ4n) is 2.70. The maximum atomic E-state index is 13.0. The fourth-order valence-corrected chi connectivity index (χ4v) is 2.70. The zero-order chi connectivity index (χ0) is 20.2. The molecular formula is C21H23F3N2O. The van der Waals surface area contributed by atoms with Crippen LogP contribution in [0, 0.1) is 0 Å². The van der Waals surface area contributed by atoms with Gasteiger partial charge < -0.3 is 10.6 Å². The largest absolute Gasteiger partial charge is 0.416 e. The highest BCUT2D eigenvalue weighted by Crippen LogP contribution is 2.31. The van der Waals surface area contributed by atoms with Crippen LogP contribution in [0.1, 0.15) is 43.0 Å². The van der Waals surface area contributed by atoms with E-state index in [4.69, 9.17) is 0 Å². The van der Waals surface area contributed by atoms with Crippen LogP contribution in [0.15, 0.2) is 55.1 Å². The smallest absolute Gasteiger partial charge is 0.334 e. The number of amides is 2. The summed E-state index contributed by atoms with van der Waals surface area (Å²) in [5, 5.41) is 5.31. The molecular weight excluding hydrogens is 353 g/mol. The Bertz CT molecular complexity index is 841. The van der Waals surface area contributed by atoms with Gasteiger partial charge in [0.15, 0.2) is 0 Å². The molecule has 0 fully saturated rings. The lowest BCUT2D eigenvalue weighted by molar-refractivity contribution is -0.138. The number of carbonyl (C=O) groups excluding carboxylic acids is 1. The van der Waals surface area contributed by atoms with E-state index in [0.717, 1.165) is 22.8 Å². The topological polar surface area (TPSA) is 41.1 Å². The highest BCUT2D eigenvalue weighted by molar-refractivity contribution is 5.75. The number of benzene rings is 2. The number of halogens is 3. The molecule has 0 aliphatic rings. The Morgan fingerprint density at radius 1 is 1.07 bits per heavy atom. The van der Waals surface area contributed by atoms with E-state index >= 15 is 0 Å². The van der Waals surface area contributed by atoms with Gasteiger partial charge in [0.05, 0.1) is 11.1 Å². The van der Waals surface area contributed by atoms with E-state index < -0.39 is 23.3 Å². The van der Waals surface area contributed by atoms with Gasteiger partial charge in [-0.05, 0) is 49.6 Å². The second-order valence-electron chi connectivity index (χ2n) is 6.95. The highest BCUT2D eigenvalue weighted by Gasteiger charge is 2.33. The summed E-state index contributed by atoms with van der Waals surface area (Å²) in [6.45, 7) is 9.24. The molecule has 144 valence electrons. The van der Waals surface area contributed by atoms with E-state index in [9.17, 15) is 18.0 Å². The molecule has 6 heteroatoms. The van der Waals surface area contributed by atoms with Crippen LogP contribution in [0.3, 0.4) is 0 Å². The van der Waals surface area contributed by atoms with Gasteiger partial charge in [-0.2, -0.15) is 13.2 Å². The van der Waals surface area contributed by atoms with Crippen LogP contribution in [0.5, 0.6) is 0 Å². The van der Waals surface area contributed by atoms with Crippen molar-refractivity contribution in [2.45, 2.75) is 39.0 Å². The predicted octanol–water partition coefficient (Wildman–Crippen LogP) is 5.47. The third-order valence-electron chi connectivity index (χ3n) is 4.27. The molecule has 0 atom stereocenters. The minimum Gasteiger partial charge on any atom is -0.334 e. The van der Waals surface area contributed by atoms with Gasteiger partial charge in [-0.15, -0.1) is 0 Å². The van der Waals surface area contributed by atoms with Crippen molar-refractivity contribution in [2.24, 2.45) is 0 Å². The quantitative estimate of drug-likeness (QED) is 0.713. The summed E-state index contributed by atoms with van der Waals surface area (Å²) in [5.74, 6) is 0. The molecule has 2 N–H and O–H groups in total. The van der Waals surface area contributed by atoms with Crippen molar-refractivity contribution in [3.05, 3.63) is 77.4 Å². The molecule has 0 saturated carbocycles. The summed E-state index contributed by atoms with van der Waals surface area (Å²) in [6, 6.07) is 12.3. The van der Waals surface area contributed by atoms with Crippen molar-refractivity contribution in [1.82, 2.24) is 10.6 Å². The van der Waals surface area contributed by atoms with Gasteiger partial charge >= 0.3 is 12.2 Å². The Morgan fingerprint density at radius 2 is 1.74 bits per heavy atom. The molecule has 0 unspecified atom stereocenters. The van der Waals surface area contributed by atoms with Gasteiger partial charge in [0.1, 0.15) is 0 Å². The fraction of sp³-hybridized carbons (Fsp3) is 0.286. The van der Waals surface area contributed by atoms with Crippen LogP contribution in [-0.4, -0.2) is 6.03 Å². The van der Waals surface area contributed by atoms with Crippen molar-refractivity contribution in [3.63, 3.8) is 0 Å². The first-order valence-electron chi connectivity index (χ1n) is 8.48. The molecule has 2 rings (SSSR count). The number of alkyl halides is 3. The summed E-state index contributed by atoms with van der Waals surface area (Å²) >= 11 is 0. The van der Waals surface area contributed by atoms with Crippen LogP contribution in [-0.2, 0) is 18.3 Å².